The molecule has 0 saturated heterocycles. The third-order valence-electron chi connectivity index (χ3n) is 6.39. The number of likely N-dealkylation sites (N-methyl/N-ethyl adjacent to an activating group) is 1. The third kappa shape index (κ3) is 7.94. The second-order valence-electron chi connectivity index (χ2n) is 10.1. The molecule has 5 aromatic rings. The minimum Gasteiger partial charge on any atom is -0.494 e. The van der Waals surface area contributed by atoms with Crippen LogP contribution in [0.3, 0.4) is 0 Å². The number of hydrogen-bond acceptors (Lipinski definition) is 10. The zero-order chi connectivity index (χ0) is 33.8. The van der Waals surface area contributed by atoms with E-state index in [1.54, 1.807) is 37.8 Å². The van der Waals surface area contributed by atoms with Crippen molar-refractivity contribution >= 4 is 50.2 Å². The molecule has 12 nitrogen and oxygen atoms in total. The summed E-state index contributed by atoms with van der Waals surface area (Å²) in [4.78, 5) is 42.2. The van der Waals surface area contributed by atoms with Crippen LogP contribution in [0.2, 0.25) is 5.15 Å². The molecule has 0 unspecified atom stereocenters. The SMILES string of the molecule is COc1cnccc1-c1cc(C)nc(Cl)c1C(=O)Nc1nc2cnc(-c3c(C)cnn3CCN(C)C)cc2s1.O=C(O)C(F)(F)F. The Balaban J connectivity index is 0.000000617. The summed E-state index contributed by atoms with van der Waals surface area (Å²) >= 11 is 7.87. The van der Waals surface area contributed by atoms with Crippen LogP contribution in [0.1, 0.15) is 21.6 Å². The number of carboxylic acid groups (broad SMARTS) is 1. The van der Waals surface area contributed by atoms with Crippen LogP contribution in [0, 0.1) is 13.8 Å². The van der Waals surface area contributed by atoms with Crippen molar-refractivity contribution in [3.8, 4) is 28.3 Å². The quantitative estimate of drug-likeness (QED) is 0.195. The Morgan fingerprint density at radius 1 is 1.13 bits per heavy atom. The molecule has 0 bridgehead atoms. The van der Waals surface area contributed by atoms with Crippen LogP contribution < -0.4 is 10.1 Å². The standard InChI is InChI=1S/C27H27ClN8O2S.C2HF3O2/c1-15-12-31-36(9-8-35(3)4)24(15)19-11-22-20(13-30-19)33-27(39-22)34-26(37)23-18(10-16(2)32-25(23)28)17-6-7-29-14-21(17)38-5;3-2(4,5)1(6)7/h6-7,10-14H,8-9H2,1-5H3,(H,33,34,37);(H,6,7). The van der Waals surface area contributed by atoms with Crippen molar-refractivity contribution in [2.75, 3.05) is 33.1 Å². The van der Waals surface area contributed by atoms with Gasteiger partial charge in [-0.25, -0.2) is 14.8 Å². The molecule has 0 radical (unpaired) electrons. The first-order valence-corrected chi connectivity index (χ1v) is 14.6. The number of anilines is 1. The predicted molar refractivity (Wildman–Crippen MR) is 167 cm³/mol. The van der Waals surface area contributed by atoms with Crippen LogP contribution in [-0.4, -0.2) is 85.5 Å². The van der Waals surface area contributed by atoms with Gasteiger partial charge in [-0.1, -0.05) is 22.9 Å². The number of aromatic nitrogens is 6. The number of carbonyl (C=O) groups excluding carboxylic acids is 1. The Morgan fingerprint density at radius 2 is 1.85 bits per heavy atom. The summed E-state index contributed by atoms with van der Waals surface area (Å²) in [5, 5.41) is 15.1. The molecular weight excluding hydrogens is 649 g/mol. The van der Waals surface area contributed by atoms with Gasteiger partial charge in [0.25, 0.3) is 5.91 Å². The van der Waals surface area contributed by atoms with Gasteiger partial charge >= 0.3 is 12.1 Å². The molecule has 2 N–H and O–H groups in total. The molecule has 0 aliphatic carbocycles. The minimum atomic E-state index is -5.08. The van der Waals surface area contributed by atoms with Crippen LogP contribution in [-0.2, 0) is 11.3 Å². The van der Waals surface area contributed by atoms with Crippen molar-refractivity contribution in [2.24, 2.45) is 0 Å². The number of carboxylic acids is 1. The molecule has 0 fully saturated rings. The summed E-state index contributed by atoms with van der Waals surface area (Å²) in [6, 6.07) is 5.55. The fourth-order valence-electron chi connectivity index (χ4n) is 4.28. The number of thiazole rings is 1. The molecule has 242 valence electrons. The highest BCUT2D eigenvalue weighted by Crippen LogP contribution is 2.36. The Labute approximate surface area is 269 Å². The van der Waals surface area contributed by atoms with Gasteiger partial charge in [0.2, 0.25) is 0 Å². The van der Waals surface area contributed by atoms with Crippen LogP contribution in [0.5, 0.6) is 5.75 Å². The summed E-state index contributed by atoms with van der Waals surface area (Å²) < 4.78 is 40.1. The summed E-state index contributed by atoms with van der Waals surface area (Å²) in [7, 11) is 5.61. The number of hydrogen-bond donors (Lipinski definition) is 2. The van der Waals surface area contributed by atoms with Crippen molar-refractivity contribution in [1.82, 2.24) is 34.6 Å². The fraction of sp³-hybridized carbons (Fsp3) is 0.276. The van der Waals surface area contributed by atoms with E-state index < -0.39 is 18.1 Å². The molecule has 0 aromatic carbocycles. The van der Waals surface area contributed by atoms with E-state index in [1.165, 1.54) is 11.3 Å². The van der Waals surface area contributed by atoms with Crippen LogP contribution in [0.4, 0.5) is 18.3 Å². The number of alkyl halides is 3. The third-order valence-corrected chi connectivity index (χ3v) is 7.59. The maximum absolute atomic E-state index is 13.5. The molecular formula is C29H28ClF3N8O4S. The Bertz CT molecular complexity index is 1890. The lowest BCUT2D eigenvalue weighted by molar-refractivity contribution is -0.192. The Hall–Kier alpha value is -4.67. The molecule has 0 atom stereocenters. The smallest absolute Gasteiger partial charge is 0.490 e. The lowest BCUT2D eigenvalue weighted by atomic mass is 10.0. The fourth-order valence-corrected chi connectivity index (χ4v) is 5.47. The van der Waals surface area contributed by atoms with Crippen LogP contribution >= 0.6 is 22.9 Å². The average molecular weight is 677 g/mol. The highest BCUT2D eigenvalue weighted by atomic mass is 35.5. The number of nitrogens with zero attached hydrogens (tertiary/aromatic N) is 7. The molecule has 1 amide bonds. The van der Waals surface area contributed by atoms with Crippen molar-refractivity contribution in [1.29, 1.82) is 0 Å². The number of carbonyl (C=O) groups is 2. The second-order valence-corrected chi connectivity index (χ2v) is 11.5. The molecule has 0 saturated carbocycles. The lowest BCUT2D eigenvalue weighted by Crippen LogP contribution is -2.21. The van der Waals surface area contributed by atoms with E-state index in [2.05, 4.69) is 35.3 Å². The van der Waals surface area contributed by atoms with Gasteiger partial charge in [0.1, 0.15) is 16.4 Å². The summed E-state index contributed by atoms with van der Waals surface area (Å²) in [6.45, 7) is 5.44. The van der Waals surface area contributed by atoms with Gasteiger partial charge in [0.15, 0.2) is 5.13 Å². The first-order chi connectivity index (χ1) is 21.7. The lowest BCUT2D eigenvalue weighted by Gasteiger charge is -2.14. The summed E-state index contributed by atoms with van der Waals surface area (Å²) in [5.41, 5.74) is 5.66. The van der Waals surface area contributed by atoms with Crippen molar-refractivity contribution in [3.05, 3.63) is 65.0 Å². The van der Waals surface area contributed by atoms with Crippen molar-refractivity contribution < 1.29 is 32.6 Å². The highest BCUT2D eigenvalue weighted by molar-refractivity contribution is 7.22. The van der Waals surface area contributed by atoms with E-state index in [1.807, 2.05) is 44.9 Å². The number of nitrogens with one attached hydrogen (secondary N) is 1. The zero-order valence-electron chi connectivity index (χ0n) is 25.2. The Kier molecular flexibility index (Phi) is 10.5. The van der Waals surface area contributed by atoms with E-state index in [9.17, 15) is 18.0 Å². The van der Waals surface area contributed by atoms with E-state index in [0.29, 0.717) is 33.2 Å². The zero-order valence-corrected chi connectivity index (χ0v) is 26.8. The number of aliphatic carboxylic acids is 1. The van der Waals surface area contributed by atoms with E-state index >= 15 is 0 Å². The Morgan fingerprint density at radius 3 is 2.50 bits per heavy atom. The number of aryl methyl sites for hydroxylation is 2. The molecule has 17 heteroatoms. The molecule has 46 heavy (non-hydrogen) atoms. The van der Waals surface area contributed by atoms with E-state index in [-0.39, 0.29) is 10.7 Å². The largest absolute Gasteiger partial charge is 0.494 e. The van der Waals surface area contributed by atoms with Crippen molar-refractivity contribution in [2.45, 2.75) is 26.6 Å². The first kappa shape index (κ1) is 34.2. The molecule has 0 aliphatic heterocycles. The number of methoxy groups -OCH3 is 1. The van der Waals surface area contributed by atoms with Gasteiger partial charge in [-0.05, 0) is 51.7 Å². The van der Waals surface area contributed by atoms with Crippen LogP contribution in [0.15, 0.2) is 43.0 Å². The number of fused-ring (bicyclic) bond motifs is 1. The van der Waals surface area contributed by atoms with E-state index in [0.717, 1.165) is 34.7 Å². The van der Waals surface area contributed by atoms with Gasteiger partial charge in [0.05, 0.1) is 53.9 Å². The molecule has 5 aromatic heterocycles. The molecule has 0 aliphatic rings. The molecule has 5 heterocycles. The highest BCUT2D eigenvalue weighted by Gasteiger charge is 2.38. The predicted octanol–water partition coefficient (Wildman–Crippen LogP) is 5.74. The van der Waals surface area contributed by atoms with Crippen molar-refractivity contribution in [3.63, 3.8) is 0 Å². The average Bonchev–Trinajstić information content (AvgIpc) is 3.56. The maximum atomic E-state index is 13.5. The number of ether oxygens (including phenoxy) is 1. The first-order valence-electron chi connectivity index (χ1n) is 13.4. The number of rotatable bonds is 8. The summed E-state index contributed by atoms with van der Waals surface area (Å²) in [5.74, 6) is -2.66. The van der Waals surface area contributed by atoms with Gasteiger partial charge in [-0.3, -0.25) is 24.8 Å². The second kappa shape index (κ2) is 14.2. The minimum absolute atomic E-state index is 0.0906. The molecule has 0 spiro atoms. The number of halogens is 4. The van der Waals surface area contributed by atoms with Gasteiger partial charge < -0.3 is 14.7 Å². The summed E-state index contributed by atoms with van der Waals surface area (Å²) in [6.07, 6.45) is 1.71. The molecule has 5 rings (SSSR count). The van der Waals surface area contributed by atoms with E-state index in [4.69, 9.17) is 26.2 Å². The maximum Gasteiger partial charge on any atom is 0.490 e. The monoisotopic (exact) mass is 676 g/mol. The topological polar surface area (TPSA) is 148 Å². The van der Waals surface area contributed by atoms with Gasteiger partial charge in [-0.15, -0.1) is 0 Å². The number of pyridine rings is 3. The van der Waals surface area contributed by atoms with Gasteiger partial charge in [-0.2, -0.15) is 18.3 Å². The van der Waals surface area contributed by atoms with Crippen LogP contribution in [0.25, 0.3) is 32.7 Å². The normalized spacial score (nSPS) is 11.3. The number of amides is 1. The van der Waals surface area contributed by atoms with Gasteiger partial charge in [0, 0.05) is 29.6 Å².